The fraction of sp³-hybridized carbons (Fsp3) is 1.00. The van der Waals surface area contributed by atoms with Crippen LogP contribution in [-0.4, -0.2) is 31.1 Å². The van der Waals surface area contributed by atoms with Gasteiger partial charge in [0.25, 0.3) is 0 Å². The Morgan fingerprint density at radius 2 is 2.15 bits per heavy atom. The molecular weight excluding hydrogens is 160 g/mol. The van der Waals surface area contributed by atoms with Gasteiger partial charge in [0.15, 0.2) is 0 Å². The Balaban J connectivity index is 2.04. The van der Waals surface area contributed by atoms with Crippen LogP contribution in [0.25, 0.3) is 0 Å². The molecule has 0 bridgehead atoms. The third kappa shape index (κ3) is 3.65. The van der Waals surface area contributed by atoms with Gasteiger partial charge < -0.3 is 10.6 Å². The van der Waals surface area contributed by atoms with Gasteiger partial charge in [-0.15, -0.1) is 0 Å². The van der Waals surface area contributed by atoms with E-state index in [-0.39, 0.29) is 0 Å². The Morgan fingerprint density at radius 1 is 1.46 bits per heavy atom. The van der Waals surface area contributed by atoms with Gasteiger partial charge in [-0.25, -0.2) is 0 Å². The van der Waals surface area contributed by atoms with Gasteiger partial charge in [0.2, 0.25) is 0 Å². The number of rotatable bonds is 6. The topological polar surface area (TPSA) is 29.3 Å². The van der Waals surface area contributed by atoms with Gasteiger partial charge in [0.05, 0.1) is 0 Å². The van der Waals surface area contributed by atoms with Crippen molar-refractivity contribution in [3.63, 3.8) is 0 Å². The molecule has 2 heteroatoms. The zero-order valence-electron chi connectivity index (χ0n) is 9.13. The lowest BCUT2D eigenvalue weighted by atomic mass is 9.83. The average Bonchev–Trinajstić information content (AvgIpc) is 2.01. The van der Waals surface area contributed by atoms with Gasteiger partial charge in [-0.05, 0) is 45.8 Å². The predicted octanol–water partition coefficient (Wildman–Crippen LogP) is 1.85. The first kappa shape index (κ1) is 11.0. The van der Waals surface area contributed by atoms with E-state index in [1.807, 2.05) is 0 Å². The van der Waals surface area contributed by atoms with Crippen LogP contribution in [0.2, 0.25) is 0 Å². The molecule has 1 aliphatic rings. The summed E-state index contributed by atoms with van der Waals surface area (Å²) in [6, 6.07) is 0.657. The Bertz CT molecular complexity index is 132. The molecule has 2 nitrogen and oxygen atoms in total. The van der Waals surface area contributed by atoms with Crippen LogP contribution in [0.5, 0.6) is 0 Å². The molecule has 0 heterocycles. The van der Waals surface area contributed by atoms with Gasteiger partial charge in [-0.1, -0.05) is 19.3 Å². The minimum Gasteiger partial charge on any atom is -0.330 e. The standard InChI is InChI=1S/C11H24N2/c1-10(6-8-12)13(2)9-7-11-4-3-5-11/h10-11H,3-9,12H2,1-2H3. The molecule has 0 radical (unpaired) electrons. The van der Waals surface area contributed by atoms with Crippen molar-refractivity contribution in [1.29, 1.82) is 0 Å². The Hall–Kier alpha value is -0.0800. The average molecular weight is 184 g/mol. The van der Waals surface area contributed by atoms with E-state index in [2.05, 4.69) is 18.9 Å². The minimum absolute atomic E-state index is 0.657. The summed E-state index contributed by atoms with van der Waals surface area (Å²) in [5.74, 6) is 1.03. The Labute approximate surface area is 82.5 Å². The van der Waals surface area contributed by atoms with Crippen LogP contribution in [0.15, 0.2) is 0 Å². The zero-order valence-corrected chi connectivity index (χ0v) is 9.13. The fourth-order valence-electron chi connectivity index (χ4n) is 1.85. The van der Waals surface area contributed by atoms with Gasteiger partial charge in [-0.3, -0.25) is 0 Å². The molecule has 2 N–H and O–H groups in total. The maximum absolute atomic E-state index is 5.53. The molecule has 0 aromatic rings. The lowest BCUT2D eigenvalue weighted by Gasteiger charge is -2.30. The van der Waals surface area contributed by atoms with Crippen LogP contribution in [-0.2, 0) is 0 Å². The molecule has 0 saturated heterocycles. The summed E-state index contributed by atoms with van der Waals surface area (Å²) in [5, 5.41) is 0. The van der Waals surface area contributed by atoms with E-state index in [9.17, 15) is 0 Å². The van der Waals surface area contributed by atoms with Gasteiger partial charge in [0, 0.05) is 6.04 Å². The highest BCUT2D eigenvalue weighted by Gasteiger charge is 2.18. The quantitative estimate of drug-likeness (QED) is 0.682. The molecule has 1 rings (SSSR count). The summed E-state index contributed by atoms with van der Waals surface area (Å²) in [6.45, 7) is 4.34. The van der Waals surface area contributed by atoms with Crippen molar-refractivity contribution in [2.45, 2.75) is 45.1 Å². The molecule has 1 saturated carbocycles. The number of hydrogen-bond acceptors (Lipinski definition) is 2. The van der Waals surface area contributed by atoms with E-state index in [0.29, 0.717) is 6.04 Å². The van der Waals surface area contributed by atoms with Crippen LogP contribution in [0.1, 0.15) is 39.0 Å². The van der Waals surface area contributed by atoms with Crippen molar-refractivity contribution in [3.05, 3.63) is 0 Å². The summed E-state index contributed by atoms with van der Waals surface area (Å²) in [6.07, 6.45) is 6.93. The second kappa shape index (κ2) is 5.61. The highest BCUT2D eigenvalue weighted by atomic mass is 15.1. The van der Waals surface area contributed by atoms with Crippen molar-refractivity contribution < 1.29 is 0 Å². The molecule has 1 aliphatic carbocycles. The largest absolute Gasteiger partial charge is 0.330 e. The summed E-state index contributed by atoms with van der Waals surface area (Å²) in [7, 11) is 2.22. The number of nitrogens with zero attached hydrogens (tertiary/aromatic N) is 1. The Kier molecular flexibility index (Phi) is 4.74. The van der Waals surface area contributed by atoms with E-state index in [0.717, 1.165) is 18.9 Å². The minimum atomic E-state index is 0.657. The monoisotopic (exact) mass is 184 g/mol. The first-order valence-corrected chi connectivity index (χ1v) is 5.64. The van der Waals surface area contributed by atoms with E-state index in [1.54, 1.807) is 0 Å². The summed E-state index contributed by atoms with van der Waals surface area (Å²) >= 11 is 0. The van der Waals surface area contributed by atoms with Crippen LogP contribution in [0, 0.1) is 5.92 Å². The number of hydrogen-bond donors (Lipinski definition) is 1. The molecule has 78 valence electrons. The van der Waals surface area contributed by atoms with Crippen molar-refractivity contribution in [3.8, 4) is 0 Å². The summed E-state index contributed by atoms with van der Waals surface area (Å²) in [5.41, 5.74) is 5.53. The van der Waals surface area contributed by atoms with E-state index in [4.69, 9.17) is 5.73 Å². The lowest BCUT2D eigenvalue weighted by molar-refractivity contribution is 0.200. The second-order valence-corrected chi connectivity index (χ2v) is 4.49. The summed E-state index contributed by atoms with van der Waals surface area (Å²) in [4.78, 5) is 2.45. The highest BCUT2D eigenvalue weighted by molar-refractivity contribution is 4.72. The van der Waals surface area contributed by atoms with E-state index < -0.39 is 0 Å². The van der Waals surface area contributed by atoms with Gasteiger partial charge in [0.1, 0.15) is 0 Å². The molecule has 1 fully saturated rings. The highest BCUT2D eigenvalue weighted by Crippen LogP contribution is 2.29. The SMILES string of the molecule is CC(CCN)N(C)CCC1CCC1. The normalized spacial score (nSPS) is 20.3. The fourth-order valence-corrected chi connectivity index (χ4v) is 1.85. The van der Waals surface area contributed by atoms with Crippen LogP contribution in [0.4, 0.5) is 0 Å². The van der Waals surface area contributed by atoms with Crippen LogP contribution >= 0.6 is 0 Å². The lowest BCUT2D eigenvalue weighted by Crippen LogP contribution is -2.33. The second-order valence-electron chi connectivity index (χ2n) is 4.49. The first-order valence-electron chi connectivity index (χ1n) is 5.64. The van der Waals surface area contributed by atoms with Crippen molar-refractivity contribution in [1.82, 2.24) is 4.90 Å². The predicted molar refractivity (Wildman–Crippen MR) is 57.7 cm³/mol. The van der Waals surface area contributed by atoms with Crippen LogP contribution < -0.4 is 5.73 Å². The van der Waals surface area contributed by atoms with Crippen molar-refractivity contribution >= 4 is 0 Å². The van der Waals surface area contributed by atoms with Gasteiger partial charge >= 0.3 is 0 Å². The zero-order chi connectivity index (χ0) is 9.68. The van der Waals surface area contributed by atoms with Crippen LogP contribution in [0.3, 0.4) is 0 Å². The van der Waals surface area contributed by atoms with E-state index in [1.165, 1.54) is 32.2 Å². The molecule has 0 aromatic heterocycles. The molecule has 1 unspecified atom stereocenters. The van der Waals surface area contributed by atoms with E-state index >= 15 is 0 Å². The number of nitrogens with two attached hydrogens (primary N) is 1. The maximum atomic E-state index is 5.53. The molecule has 0 aromatic carbocycles. The molecule has 1 atom stereocenters. The third-order valence-corrected chi connectivity index (χ3v) is 3.45. The molecule has 0 spiro atoms. The summed E-state index contributed by atoms with van der Waals surface area (Å²) < 4.78 is 0. The van der Waals surface area contributed by atoms with Crippen molar-refractivity contribution in [2.75, 3.05) is 20.1 Å². The molecular formula is C11H24N2. The third-order valence-electron chi connectivity index (χ3n) is 3.45. The molecule has 0 aliphatic heterocycles. The molecule has 13 heavy (non-hydrogen) atoms. The smallest absolute Gasteiger partial charge is 0.00758 e. The maximum Gasteiger partial charge on any atom is 0.00758 e. The van der Waals surface area contributed by atoms with Gasteiger partial charge in [-0.2, -0.15) is 0 Å². The molecule has 0 amide bonds. The first-order chi connectivity index (χ1) is 6.24. The van der Waals surface area contributed by atoms with Crippen molar-refractivity contribution in [2.24, 2.45) is 11.7 Å². The Morgan fingerprint density at radius 3 is 2.62 bits per heavy atom.